The van der Waals surface area contributed by atoms with Crippen molar-refractivity contribution in [2.45, 2.75) is 20.3 Å². The highest BCUT2D eigenvalue weighted by Gasteiger charge is 2.11. The summed E-state index contributed by atoms with van der Waals surface area (Å²) >= 11 is 13.2. The van der Waals surface area contributed by atoms with Crippen molar-refractivity contribution in [1.82, 2.24) is 10.2 Å². The Morgan fingerprint density at radius 2 is 2.05 bits per heavy atom. The van der Waals surface area contributed by atoms with Crippen molar-refractivity contribution in [2.75, 3.05) is 10.6 Å². The number of benzene rings is 1. The summed E-state index contributed by atoms with van der Waals surface area (Å²) in [6, 6.07) is 4.58. The molecule has 0 fully saturated rings. The number of carbonyl (C=O) groups excluding carboxylic acids is 1. The number of hydrogen-bond acceptors (Lipinski definition) is 4. The van der Waals surface area contributed by atoms with Crippen LogP contribution in [0.1, 0.15) is 18.9 Å². The number of rotatable bonds is 4. The summed E-state index contributed by atoms with van der Waals surface area (Å²) in [4.78, 5) is 11.9. The van der Waals surface area contributed by atoms with Gasteiger partial charge in [0.05, 0.1) is 15.7 Å². The lowest BCUT2D eigenvalue weighted by Crippen LogP contribution is -2.19. The fourth-order valence-corrected chi connectivity index (χ4v) is 2.88. The molecule has 0 saturated carbocycles. The number of anilines is 2. The van der Waals surface area contributed by atoms with E-state index in [-0.39, 0.29) is 0 Å². The lowest BCUT2D eigenvalue weighted by molar-refractivity contribution is 0.262. The Morgan fingerprint density at radius 3 is 2.76 bits per heavy atom. The van der Waals surface area contributed by atoms with Gasteiger partial charge in [-0.3, -0.25) is 5.32 Å². The normalized spacial score (nSPS) is 10.7. The lowest BCUT2D eigenvalue weighted by Gasteiger charge is -2.07. The third kappa shape index (κ3) is 4.56. The van der Waals surface area contributed by atoms with E-state index in [0.717, 1.165) is 11.4 Å². The third-order valence-electron chi connectivity index (χ3n) is 2.47. The molecule has 0 aliphatic carbocycles. The Kier molecular flexibility index (Phi) is 5.39. The number of urea groups is 1. The Balaban J connectivity index is 1.98. The maximum atomic E-state index is 11.9. The zero-order chi connectivity index (χ0) is 15.4. The number of nitrogens with one attached hydrogen (secondary N) is 2. The first-order valence-electron chi connectivity index (χ1n) is 6.30. The molecule has 5 nitrogen and oxygen atoms in total. The van der Waals surface area contributed by atoms with Gasteiger partial charge in [-0.25, -0.2) is 4.79 Å². The second-order valence-corrected chi connectivity index (χ2v) is 6.63. The Labute approximate surface area is 136 Å². The molecule has 0 radical (unpaired) electrons. The molecule has 8 heteroatoms. The van der Waals surface area contributed by atoms with Crippen molar-refractivity contribution in [3.05, 3.63) is 33.3 Å². The van der Waals surface area contributed by atoms with Gasteiger partial charge in [0.1, 0.15) is 5.01 Å². The van der Waals surface area contributed by atoms with Gasteiger partial charge in [-0.2, -0.15) is 0 Å². The molecule has 2 aromatic rings. The minimum atomic E-state index is -0.439. The summed E-state index contributed by atoms with van der Waals surface area (Å²) in [6.45, 7) is 4.20. The first kappa shape index (κ1) is 16.0. The molecular weight excluding hydrogens is 331 g/mol. The minimum Gasteiger partial charge on any atom is -0.306 e. The van der Waals surface area contributed by atoms with E-state index in [2.05, 4.69) is 34.7 Å². The first-order chi connectivity index (χ1) is 9.95. The van der Waals surface area contributed by atoms with Crippen molar-refractivity contribution < 1.29 is 4.79 Å². The fourth-order valence-electron chi connectivity index (χ4n) is 1.59. The van der Waals surface area contributed by atoms with Crippen molar-refractivity contribution >= 4 is 51.4 Å². The number of halogens is 2. The van der Waals surface area contributed by atoms with Gasteiger partial charge in [0.2, 0.25) is 5.13 Å². The number of aromatic nitrogens is 2. The van der Waals surface area contributed by atoms with Crippen molar-refractivity contribution in [1.29, 1.82) is 0 Å². The molecule has 0 saturated heterocycles. The van der Waals surface area contributed by atoms with E-state index >= 15 is 0 Å². The van der Waals surface area contributed by atoms with Crippen LogP contribution >= 0.6 is 34.5 Å². The molecule has 1 aromatic carbocycles. The average Bonchev–Trinajstić information content (AvgIpc) is 2.81. The highest BCUT2D eigenvalue weighted by Crippen LogP contribution is 2.29. The predicted molar refractivity (Wildman–Crippen MR) is 87.6 cm³/mol. The van der Waals surface area contributed by atoms with Crippen molar-refractivity contribution in [2.24, 2.45) is 5.92 Å². The molecule has 112 valence electrons. The maximum Gasteiger partial charge on any atom is 0.325 e. The number of hydrogen-bond donors (Lipinski definition) is 2. The zero-order valence-corrected chi connectivity index (χ0v) is 13.8. The van der Waals surface area contributed by atoms with Crippen LogP contribution in [0.3, 0.4) is 0 Å². The molecule has 21 heavy (non-hydrogen) atoms. The Hall–Kier alpha value is -1.37. The Morgan fingerprint density at radius 1 is 1.29 bits per heavy atom. The molecule has 2 amide bonds. The van der Waals surface area contributed by atoms with Crippen LogP contribution in [-0.4, -0.2) is 16.2 Å². The third-order valence-corrected chi connectivity index (χ3v) is 4.15. The Bertz CT molecular complexity index is 645. The van der Waals surface area contributed by atoms with E-state index in [4.69, 9.17) is 23.2 Å². The van der Waals surface area contributed by atoms with Crippen LogP contribution < -0.4 is 10.6 Å². The van der Waals surface area contributed by atoms with E-state index in [0.29, 0.717) is 26.8 Å². The lowest BCUT2D eigenvalue weighted by atomic mass is 10.1. The SMILES string of the molecule is CC(C)Cc1nnc(NC(=O)Nc2cccc(Cl)c2Cl)s1. The van der Waals surface area contributed by atoms with Gasteiger partial charge in [0.25, 0.3) is 0 Å². The van der Waals surface area contributed by atoms with Crippen LogP contribution in [0, 0.1) is 5.92 Å². The summed E-state index contributed by atoms with van der Waals surface area (Å²) in [5.41, 5.74) is 0.439. The number of nitrogens with zero attached hydrogens (tertiary/aromatic N) is 2. The fraction of sp³-hybridized carbons (Fsp3) is 0.308. The van der Waals surface area contributed by atoms with Crippen LogP contribution in [-0.2, 0) is 6.42 Å². The highest BCUT2D eigenvalue weighted by molar-refractivity contribution is 7.15. The molecular formula is C13H14Cl2N4OS. The standard InChI is InChI=1S/C13H14Cl2N4OS/c1-7(2)6-10-18-19-13(21-10)17-12(20)16-9-5-3-4-8(14)11(9)15/h3-5,7H,6H2,1-2H3,(H2,16,17,19,20). The van der Waals surface area contributed by atoms with E-state index in [9.17, 15) is 4.79 Å². The number of carbonyl (C=O) groups is 1. The van der Waals surface area contributed by atoms with E-state index < -0.39 is 6.03 Å². The van der Waals surface area contributed by atoms with E-state index in [1.165, 1.54) is 11.3 Å². The highest BCUT2D eigenvalue weighted by atomic mass is 35.5. The van der Waals surface area contributed by atoms with Crippen LogP contribution in [0.5, 0.6) is 0 Å². The summed E-state index contributed by atoms with van der Waals surface area (Å²) in [6.07, 6.45) is 0.834. The van der Waals surface area contributed by atoms with Crippen LogP contribution in [0.25, 0.3) is 0 Å². The van der Waals surface area contributed by atoms with Crippen molar-refractivity contribution in [3.8, 4) is 0 Å². The van der Waals surface area contributed by atoms with Gasteiger partial charge in [-0.1, -0.05) is 54.5 Å². The van der Waals surface area contributed by atoms with Crippen LogP contribution in [0.4, 0.5) is 15.6 Å². The second-order valence-electron chi connectivity index (χ2n) is 4.78. The summed E-state index contributed by atoms with van der Waals surface area (Å²) < 4.78 is 0. The van der Waals surface area contributed by atoms with Gasteiger partial charge < -0.3 is 5.32 Å². The van der Waals surface area contributed by atoms with Gasteiger partial charge in [0.15, 0.2) is 0 Å². The van der Waals surface area contributed by atoms with E-state index in [1.807, 2.05) is 0 Å². The number of amides is 2. The van der Waals surface area contributed by atoms with Gasteiger partial charge >= 0.3 is 6.03 Å². The molecule has 2 rings (SSSR count). The largest absolute Gasteiger partial charge is 0.325 e. The van der Waals surface area contributed by atoms with Crippen LogP contribution in [0.2, 0.25) is 10.0 Å². The molecule has 0 aliphatic heterocycles. The molecule has 1 heterocycles. The van der Waals surface area contributed by atoms with Gasteiger partial charge in [0, 0.05) is 6.42 Å². The monoisotopic (exact) mass is 344 g/mol. The molecule has 1 aromatic heterocycles. The molecule has 0 spiro atoms. The molecule has 0 bridgehead atoms. The smallest absolute Gasteiger partial charge is 0.306 e. The van der Waals surface area contributed by atoms with E-state index in [1.54, 1.807) is 18.2 Å². The first-order valence-corrected chi connectivity index (χ1v) is 7.87. The van der Waals surface area contributed by atoms with Gasteiger partial charge in [-0.15, -0.1) is 10.2 Å². The van der Waals surface area contributed by atoms with Crippen molar-refractivity contribution in [3.63, 3.8) is 0 Å². The maximum absolute atomic E-state index is 11.9. The quantitative estimate of drug-likeness (QED) is 0.845. The molecule has 2 N–H and O–H groups in total. The second kappa shape index (κ2) is 7.06. The zero-order valence-electron chi connectivity index (χ0n) is 11.5. The van der Waals surface area contributed by atoms with Gasteiger partial charge in [-0.05, 0) is 18.1 Å². The molecule has 0 atom stereocenters. The molecule has 0 unspecified atom stereocenters. The summed E-state index contributed by atoms with van der Waals surface area (Å²) in [5.74, 6) is 0.491. The molecule has 0 aliphatic rings. The summed E-state index contributed by atoms with van der Waals surface area (Å²) in [5, 5.41) is 15.2. The summed E-state index contributed by atoms with van der Waals surface area (Å²) in [7, 11) is 0. The minimum absolute atomic E-state index is 0.298. The predicted octanol–water partition coefficient (Wildman–Crippen LogP) is 4.69. The topological polar surface area (TPSA) is 66.9 Å². The van der Waals surface area contributed by atoms with Crippen LogP contribution in [0.15, 0.2) is 18.2 Å². The average molecular weight is 345 g/mol.